The Hall–Kier alpha value is -0.800. The highest BCUT2D eigenvalue weighted by Crippen LogP contribution is 2.30. The van der Waals surface area contributed by atoms with Gasteiger partial charge >= 0.3 is 0 Å². The van der Waals surface area contributed by atoms with Gasteiger partial charge in [-0.1, -0.05) is 0 Å². The second kappa shape index (κ2) is 3.99. The molecule has 0 spiro atoms. The van der Waals surface area contributed by atoms with Crippen molar-refractivity contribution in [2.75, 3.05) is 0 Å². The number of hydrogen-bond donors (Lipinski definition) is 1. The van der Waals surface area contributed by atoms with Gasteiger partial charge in [0.2, 0.25) is 0 Å². The molecule has 0 radical (unpaired) electrons. The van der Waals surface area contributed by atoms with Gasteiger partial charge in [-0.15, -0.1) is 0 Å². The van der Waals surface area contributed by atoms with Gasteiger partial charge in [-0.25, -0.2) is 0 Å². The van der Waals surface area contributed by atoms with Crippen LogP contribution in [0.2, 0.25) is 0 Å². The van der Waals surface area contributed by atoms with Crippen molar-refractivity contribution in [3.05, 3.63) is 23.7 Å². The van der Waals surface area contributed by atoms with E-state index < -0.39 is 0 Å². The van der Waals surface area contributed by atoms with Gasteiger partial charge in [0.15, 0.2) is 0 Å². The number of furan rings is 1. The molecule has 0 aliphatic heterocycles. The lowest BCUT2D eigenvalue weighted by atomic mass is 9.94. The Bertz CT molecular complexity index is 325. The van der Waals surface area contributed by atoms with Crippen molar-refractivity contribution in [3.63, 3.8) is 0 Å². The summed E-state index contributed by atoms with van der Waals surface area (Å²) in [5.41, 5.74) is 4.25. The van der Waals surface area contributed by atoms with E-state index in [4.69, 9.17) is 9.25 Å². The summed E-state index contributed by atoms with van der Waals surface area (Å²) in [5.74, 6) is 1.11. The Morgan fingerprint density at radius 1 is 1.47 bits per heavy atom. The van der Waals surface area contributed by atoms with Gasteiger partial charge < -0.3 is 4.42 Å². The highest BCUT2D eigenvalue weighted by atomic mass is 16.7. The SMILES string of the molecule is CC(C)(C)ONC1CCCc2occc21. The van der Waals surface area contributed by atoms with Crippen molar-refractivity contribution >= 4 is 0 Å². The van der Waals surface area contributed by atoms with Crippen LogP contribution < -0.4 is 5.48 Å². The van der Waals surface area contributed by atoms with Crippen LogP contribution in [0.3, 0.4) is 0 Å². The van der Waals surface area contributed by atoms with E-state index >= 15 is 0 Å². The zero-order valence-corrected chi connectivity index (χ0v) is 9.67. The Morgan fingerprint density at radius 2 is 2.27 bits per heavy atom. The average Bonchev–Trinajstić information content (AvgIpc) is 2.61. The summed E-state index contributed by atoms with van der Waals surface area (Å²) in [4.78, 5) is 5.60. The highest BCUT2D eigenvalue weighted by molar-refractivity contribution is 5.23. The van der Waals surface area contributed by atoms with E-state index in [0.717, 1.165) is 25.0 Å². The van der Waals surface area contributed by atoms with Crippen molar-refractivity contribution in [1.29, 1.82) is 0 Å². The molecule has 84 valence electrons. The fourth-order valence-corrected chi connectivity index (χ4v) is 1.86. The maximum atomic E-state index is 5.60. The molecular weight excluding hydrogens is 190 g/mol. The van der Waals surface area contributed by atoms with E-state index in [1.165, 1.54) is 5.56 Å². The summed E-state index contributed by atoms with van der Waals surface area (Å²) >= 11 is 0. The minimum Gasteiger partial charge on any atom is -0.469 e. The van der Waals surface area contributed by atoms with Gasteiger partial charge in [-0.2, -0.15) is 5.48 Å². The Balaban J connectivity index is 2.01. The van der Waals surface area contributed by atoms with Crippen LogP contribution in [0.5, 0.6) is 0 Å². The topological polar surface area (TPSA) is 34.4 Å². The third-order valence-electron chi connectivity index (χ3n) is 2.56. The lowest BCUT2D eigenvalue weighted by Gasteiger charge is -2.27. The molecule has 0 amide bonds. The quantitative estimate of drug-likeness (QED) is 0.760. The monoisotopic (exact) mass is 209 g/mol. The number of hydroxylamine groups is 1. The summed E-state index contributed by atoms with van der Waals surface area (Å²) in [6, 6.07) is 2.32. The molecule has 1 N–H and O–H groups in total. The summed E-state index contributed by atoms with van der Waals surface area (Å²) in [6.07, 6.45) is 5.09. The van der Waals surface area contributed by atoms with Crippen molar-refractivity contribution in [2.45, 2.75) is 51.7 Å². The molecule has 1 aromatic heterocycles. The number of nitrogens with one attached hydrogen (secondary N) is 1. The zero-order valence-electron chi connectivity index (χ0n) is 9.67. The van der Waals surface area contributed by atoms with Gasteiger partial charge in [-0.3, -0.25) is 4.84 Å². The third-order valence-corrected chi connectivity index (χ3v) is 2.56. The predicted molar refractivity (Wildman–Crippen MR) is 58.4 cm³/mol. The van der Waals surface area contributed by atoms with E-state index in [0.29, 0.717) is 0 Å². The number of fused-ring (bicyclic) bond motifs is 1. The minimum atomic E-state index is -0.151. The van der Waals surface area contributed by atoms with Crippen LogP contribution in [0.15, 0.2) is 16.7 Å². The lowest BCUT2D eigenvalue weighted by Crippen LogP contribution is -2.33. The third kappa shape index (κ3) is 2.61. The molecule has 1 aliphatic carbocycles. The number of rotatable bonds is 2. The molecule has 15 heavy (non-hydrogen) atoms. The standard InChI is InChI=1S/C12H19NO2/c1-12(2,3)15-13-10-5-4-6-11-9(10)7-8-14-11/h7-8,10,13H,4-6H2,1-3H3. The fraction of sp³-hybridized carbons (Fsp3) is 0.667. The fourth-order valence-electron chi connectivity index (χ4n) is 1.86. The molecule has 1 heterocycles. The van der Waals surface area contributed by atoms with Gasteiger partial charge in [0.05, 0.1) is 17.9 Å². The van der Waals surface area contributed by atoms with Crippen molar-refractivity contribution in [3.8, 4) is 0 Å². The van der Waals surface area contributed by atoms with E-state index in [1.807, 2.05) is 26.8 Å². The number of hydrogen-bond acceptors (Lipinski definition) is 3. The van der Waals surface area contributed by atoms with Gasteiger partial charge in [0.25, 0.3) is 0 Å². The first-order chi connectivity index (χ1) is 7.06. The Labute approximate surface area is 90.8 Å². The van der Waals surface area contributed by atoms with Crippen LogP contribution in [0, 0.1) is 0 Å². The summed E-state index contributed by atoms with van der Waals surface area (Å²) in [7, 11) is 0. The predicted octanol–water partition coefficient (Wildman–Crippen LogP) is 2.98. The van der Waals surface area contributed by atoms with Gasteiger partial charge in [0, 0.05) is 12.0 Å². The smallest absolute Gasteiger partial charge is 0.108 e. The second-order valence-electron chi connectivity index (χ2n) is 5.08. The molecule has 1 unspecified atom stereocenters. The molecule has 0 saturated heterocycles. The van der Waals surface area contributed by atoms with E-state index in [1.54, 1.807) is 6.26 Å². The van der Waals surface area contributed by atoms with E-state index in [9.17, 15) is 0 Å². The summed E-state index contributed by atoms with van der Waals surface area (Å²) in [6.45, 7) is 6.12. The van der Waals surface area contributed by atoms with Crippen molar-refractivity contribution in [1.82, 2.24) is 5.48 Å². The molecule has 3 heteroatoms. The first-order valence-corrected chi connectivity index (χ1v) is 5.56. The van der Waals surface area contributed by atoms with E-state index in [-0.39, 0.29) is 11.6 Å². The van der Waals surface area contributed by atoms with Crippen LogP contribution in [0.4, 0.5) is 0 Å². The van der Waals surface area contributed by atoms with Crippen molar-refractivity contribution < 1.29 is 9.25 Å². The second-order valence-corrected chi connectivity index (χ2v) is 5.08. The largest absolute Gasteiger partial charge is 0.469 e. The molecule has 2 rings (SSSR count). The highest BCUT2D eigenvalue weighted by Gasteiger charge is 2.24. The minimum absolute atomic E-state index is 0.151. The molecule has 0 bridgehead atoms. The normalized spacial score (nSPS) is 21.4. The van der Waals surface area contributed by atoms with Crippen molar-refractivity contribution in [2.24, 2.45) is 0 Å². The van der Waals surface area contributed by atoms with Crippen LogP contribution in [-0.4, -0.2) is 5.60 Å². The molecule has 1 aliphatic rings. The molecule has 0 saturated carbocycles. The Morgan fingerprint density at radius 3 is 3.00 bits per heavy atom. The maximum Gasteiger partial charge on any atom is 0.108 e. The van der Waals surface area contributed by atoms with Crippen LogP contribution >= 0.6 is 0 Å². The van der Waals surface area contributed by atoms with Gasteiger partial charge in [-0.05, 0) is 39.7 Å². The molecule has 3 nitrogen and oxygen atoms in total. The molecular formula is C12H19NO2. The summed E-state index contributed by atoms with van der Waals surface area (Å²) in [5, 5.41) is 0. The lowest BCUT2D eigenvalue weighted by molar-refractivity contribution is -0.0914. The van der Waals surface area contributed by atoms with Crippen LogP contribution in [-0.2, 0) is 11.3 Å². The zero-order chi connectivity index (χ0) is 10.9. The molecule has 1 atom stereocenters. The maximum absolute atomic E-state index is 5.60. The number of aryl methyl sites for hydroxylation is 1. The van der Waals surface area contributed by atoms with Crippen LogP contribution in [0.25, 0.3) is 0 Å². The first kappa shape index (κ1) is 10.7. The van der Waals surface area contributed by atoms with Crippen LogP contribution in [0.1, 0.15) is 51.0 Å². The molecule has 0 aromatic carbocycles. The molecule has 1 aromatic rings. The first-order valence-electron chi connectivity index (χ1n) is 5.56. The Kier molecular flexibility index (Phi) is 2.85. The van der Waals surface area contributed by atoms with Gasteiger partial charge in [0.1, 0.15) is 5.76 Å². The summed E-state index contributed by atoms with van der Waals surface area (Å²) < 4.78 is 5.42. The average molecular weight is 209 g/mol. The van der Waals surface area contributed by atoms with E-state index in [2.05, 4.69) is 5.48 Å². The molecule has 0 fully saturated rings.